The van der Waals surface area contributed by atoms with Crippen molar-refractivity contribution in [1.29, 1.82) is 0 Å². The first kappa shape index (κ1) is 27.4. The predicted octanol–water partition coefficient (Wildman–Crippen LogP) is 6.22. The Bertz CT molecular complexity index is 972. The summed E-state index contributed by atoms with van der Waals surface area (Å²) < 4.78 is 7.58. The van der Waals surface area contributed by atoms with Crippen LogP contribution in [0.15, 0.2) is 51.4 Å². The van der Waals surface area contributed by atoms with Gasteiger partial charge in [0, 0.05) is 17.1 Å². The number of nitrogens with zero attached hydrogens (tertiary/aromatic N) is 1. The van der Waals surface area contributed by atoms with Gasteiger partial charge in [0.2, 0.25) is 5.91 Å². The Kier molecular flexibility index (Phi) is 9.98. The Labute approximate surface area is 214 Å². The van der Waals surface area contributed by atoms with Gasteiger partial charge < -0.3 is 15.0 Å². The van der Waals surface area contributed by atoms with Gasteiger partial charge in [0.15, 0.2) is 6.61 Å². The van der Waals surface area contributed by atoms with E-state index in [1.54, 1.807) is 11.8 Å². The van der Waals surface area contributed by atoms with Gasteiger partial charge in [-0.1, -0.05) is 61.8 Å². The van der Waals surface area contributed by atoms with E-state index in [9.17, 15) is 9.59 Å². The summed E-state index contributed by atoms with van der Waals surface area (Å²) in [5, 5.41) is 2.97. The lowest BCUT2D eigenvalue weighted by molar-refractivity contribution is -0.142. The zero-order valence-corrected chi connectivity index (χ0v) is 23.4. The van der Waals surface area contributed by atoms with E-state index in [0.29, 0.717) is 12.3 Å². The first-order valence-electron chi connectivity index (χ1n) is 11.2. The van der Waals surface area contributed by atoms with Gasteiger partial charge in [-0.05, 0) is 77.0 Å². The van der Waals surface area contributed by atoms with Crippen LogP contribution >= 0.6 is 31.9 Å². The monoisotopic (exact) mass is 580 g/mol. The standard InChI is InChI=1S/C26H34Br2N2O3/c1-7-17(2)29-25(32)18(3)30(15-19-9-8-10-21(27)13-19)24(31)16-33-23-12-11-20(14-22(23)28)26(4,5)6/h8-14,17-18H,7,15-16H2,1-6H3,(H,29,32)/t17-,18-/m0/s1. The van der Waals surface area contributed by atoms with Crippen LogP contribution in [0.3, 0.4) is 0 Å². The minimum absolute atomic E-state index is 0.00997. The zero-order valence-electron chi connectivity index (χ0n) is 20.2. The maximum Gasteiger partial charge on any atom is 0.261 e. The number of halogens is 2. The van der Waals surface area contributed by atoms with E-state index in [1.807, 2.05) is 56.3 Å². The molecule has 33 heavy (non-hydrogen) atoms. The molecule has 0 bridgehead atoms. The van der Waals surface area contributed by atoms with E-state index in [-0.39, 0.29) is 29.9 Å². The van der Waals surface area contributed by atoms with Crippen LogP contribution in [0.5, 0.6) is 5.75 Å². The number of nitrogens with one attached hydrogen (secondary N) is 1. The number of rotatable bonds is 9. The highest BCUT2D eigenvalue weighted by Crippen LogP contribution is 2.31. The molecule has 0 spiro atoms. The highest BCUT2D eigenvalue weighted by atomic mass is 79.9. The predicted molar refractivity (Wildman–Crippen MR) is 140 cm³/mol. The average Bonchev–Trinajstić information content (AvgIpc) is 2.75. The normalized spacial score (nSPS) is 13.2. The number of hydrogen-bond donors (Lipinski definition) is 1. The van der Waals surface area contributed by atoms with Gasteiger partial charge in [0.25, 0.3) is 5.91 Å². The summed E-state index contributed by atoms with van der Waals surface area (Å²) in [7, 11) is 0. The van der Waals surface area contributed by atoms with Crippen molar-refractivity contribution in [2.45, 2.75) is 72.0 Å². The fourth-order valence-electron chi connectivity index (χ4n) is 3.19. The van der Waals surface area contributed by atoms with Crippen molar-refractivity contribution in [3.63, 3.8) is 0 Å². The molecule has 2 rings (SSSR count). The van der Waals surface area contributed by atoms with Crippen molar-refractivity contribution in [2.75, 3.05) is 6.61 Å². The Morgan fingerprint density at radius 3 is 2.36 bits per heavy atom. The number of benzene rings is 2. The van der Waals surface area contributed by atoms with Gasteiger partial charge in [-0.25, -0.2) is 0 Å². The van der Waals surface area contributed by atoms with Gasteiger partial charge >= 0.3 is 0 Å². The minimum atomic E-state index is -0.638. The van der Waals surface area contributed by atoms with Gasteiger partial charge in [-0.15, -0.1) is 0 Å². The molecule has 0 saturated heterocycles. The van der Waals surface area contributed by atoms with Crippen molar-refractivity contribution in [3.8, 4) is 5.75 Å². The highest BCUT2D eigenvalue weighted by Gasteiger charge is 2.27. The number of ether oxygens (including phenoxy) is 1. The topological polar surface area (TPSA) is 58.6 Å². The van der Waals surface area contributed by atoms with Crippen LogP contribution in [0.1, 0.15) is 59.1 Å². The number of hydrogen-bond acceptors (Lipinski definition) is 3. The van der Waals surface area contributed by atoms with Crippen LogP contribution in [0.4, 0.5) is 0 Å². The van der Waals surface area contributed by atoms with Gasteiger partial charge in [-0.3, -0.25) is 9.59 Å². The number of amides is 2. The summed E-state index contributed by atoms with van der Waals surface area (Å²) in [4.78, 5) is 27.6. The van der Waals surface area contributed by atoms with E-state index in [0.717, 1.165) is 20.9 Å². The SMILES string of the molecule is CC[C@H](C)NC(=O)[C@H](C)N(Cc1cccc(Br)c1)C(=O)COc1ccc(C(C)(C)C)cc1Br. The second kappa shape index (κ2) is 12.0. The van der Waals surface area contributed by atoms with E-state index >= 15 is 0 Å². The maximum absolute atomic E-state index is 13.2. The maximum atomic E-state index is 13.2. The summed E-state index contributed by atoms with van der Waals surface area (Å²) >= 11 is 7.03. The van der Waals surface area contributed by atoms with Crippen molar-refractivity contribution in [1.82, 2.24) is 10.2 Å². The molecule has 0 aliphatic rings. The highest BCUT2D eigenvalue weighted by molar-refractivity contribution is 9.10. The minimum Gasteiger partial charge on any atom is -0.483 e. The molecular formula is C26H34Br2N2O3. The Hall–Kier alpha value is -1.86. The van der Waals surface area contributed by atoms with E-state index in [2.05, 4.69) is 57.9 Å². The second-order valence-electron chi connectivity index (χ2n) is 9.33. The quantitative estimate of drug-likeness (QED) is 0.382. The fraction of sp³-hybridized carbons (Fsp3) is 0.462. The van der Waals surface area contributed by atoms with Crippen LogP contribution in [-0.2, 0) is 21.5 Å². The molecule has 180 valence electrons. The number of carbonyl (C=O) groups excluding carboxylic acids is 2. The molecule has 7 heteroatoms. The first-order chi connectivity index (χ1) is 15.4. The van der Waals surface area contributed by atoms with Gasteiger partial charge in [0.05, 0.1) is 4.47 Å². The third kappa shape index (κ3) is 8.14. The largest absolute Gasteiger partial charge is 0.483 e. The molecule has 0 unspecified atom stereocenters. The molecular weight excluding hydrogens is 548 g/mol. The summed E-state index contributed by atoms with van der Waals surface area (Å²) in [6.45, 7) is 12.3. The molecule has 0 fully saturated rings. The van der Waals surface area contributed by atoms with Gasteiger partial charge in [-0.2, -0.15) is 0 Å². The lowest BCUT2D eigenvalue weighted by atomic mass is 9.87. The first-order valence-corrected chi connectivity index (χ1v) is 12.8. The Morgan fingerprint density at radius 1 is 1.09 bits per heavy atom. The number of carbonyl (C=O) groups is 2. The molecule has 1 N–H and O–H groups in total. The van der Waals surface area contributed by atoms with E-state index < -0.39 is 6.04 Å². The molecule has 0 aliphatic carbocycles. The third-order valence-electron chi connectivity index (χ3n) is 5.56. The second-order valence-corrected chi connectivity index (χ2v) is 11.1. The van der Waals surface area contributed by atoms with Gasteiger partial charge in [0.1, 0.15) is 11.8 Å². The smallest absolute Gasteiger partial charge is 0.261 e. The molecule has 2 aromatic carbocycles. The van der Waals surface area contributed by atoms with Crippen molar-refractivity contribution >= 4 is 43.7 Å². The van der Waals surface area contributed by atoms with Crippen molar-refractivity contribution < 1.29 is 14.3 Å². The molecule has 0 aromatic heterocycles. The summed E-state index contributed by atoms with van der Waals surface area (Å²) in [5.41, 5.74) is 2.10. The van der Waals surface area contributed by atoms with Crippen molar-refractivity contribution in [2.24, 2.45) is 0 Å². The molecule has 0 radical (unpaired) electrons. The Balaban J connectivity index is 2.19. The molecule has 0 aliphatic heterocycles. The molecule has 5 nitrogen and oxygen atoms in total. The van der Waals surface area contributed by atoms with E-state index in [4.69, 9.17) is 4.74 Å². The fourth-order valence-corrected chi connectivity index (χ4v) is 4.13. The lowest BCUT2D eigenvalue weighted by Crippen LogP contribution is -2.50. The van der Waals surface area contributed by atoms with Crippen LogP contribution in [-0.4, -0.2) is 35.4 Å². The molecule has 0 heterocycles. The molecule has 2 amide bonds. The lowest BCUT2D eigenvalue weighted by Gasteiger charge is -2.29. The van der Waals surface area contributed by atoms with E-state index in [1.165, 1.54) is 5.56 Å². The third-order valence-corrected chi connectivity index (χ3v) is 6.67. The van der Waals surface area contributed by atoms with Crippen LogP contribution in [0.2, 0.25) is 0 Å². The van der Waals surface area contributed by atoms with Crippen LogP contribution in [0.25, 0.3) is 0 Å². The Morgan fingerprint density at radius 2 is 1.79 bits per heavy atom. The van der Waals surface area contributed by atoms with Crippen LogP contribution in [0, 0.1) is 0 Å². The molecule has 0 saturated carbocycles. The molecule has 2 aromatic rings. The molecule has 2 atom stereocenters. The average molecular weight is 582 g/mol. The zero-order chi connectivity index (χ0) is 24.8. The summed E-state index contributed by atoms with van der Waals surface area (Å²) in [6.07, 6.45) is 0.819. The van der Waals surface area contributed by atoms with Crippen LogP contribution < -0.4 is 10.1 Å². The summed E-state index contributed by atoms with van der Waals surface area (Å²) in [5.74, 6) is 0.160. The summed E-state index contributed by atoms with van der Waals surface area (Å²) in [6, 6.07) is 13.0. The van der Waals surface area contributed by atoms with Crippen molar-refractivity contribution in [3.05, 3.63) is 62.5 Å².